The molecule has 0 aliphatic heterocycles. The van der Waals surface area contributed by atoms with Crippen LogP contribution in [-0.4, -0.2) is 29.1 Å². The van der Waals surface area contributed by atoms with Crippen LogP contribution in [0.25, 0.3) is 0 Å². The first-order chi connectivity index (χ1) is 9.20. The topological polar surface area (TPSA) is 20.3 Å². The molecule has 1 aliphatic rings. The van der Waals surface area contributed by atoms with Crippen LogP contribution in [0.5, 0.6) is 0 Å². The lowest BCUT2D eigenvalue weighted by atomic mass is 10.2. The number of nitrogens with zero attached hydrogens (tertiary/aromatic N) is 1. The Labute approximate surface area is 118 Å². The molecule has 1 amide bonds. The van der Waals surface area contributed by atoms with Crippen molar-refractivity contribution >= 4 is 17.7 Å². The molecule has 0 atom stereocenters. The molecule has 1 aliphatic carbocycles. The number of benzene rings is 1. The summed E-state index contributed by atoms with van der Waals surface area (Å²) in [6.07, 6.45) is 4.75. The lowest BCUT2D eigenvalue weighted by molar-refractivity contribution is -0.130. The number of amides is 1. The molecule has 0 spiro atoms. The zero-order valence-electron chi connectivity index (χ0n) is 11.3. The van der Waals surface area contributed by atoms with Gasteiger partial charge in [-0.15, -0.1) is 11.8 Å². The summed E-state index contributed by atoms with van der Waals surface area (Å²) < 4.78 is 12.8. The number of hydrogen-bond donors (Lipinski definition) is 0. The van der Waals surface area contributed by atoms with E-state index >= 15 is 0 Å². The van der Waals surface area contributed by atoms with Gasteiger partial charge in [0, 0.05) is 17.5 Å². The average Bonchev–Trinajstić information content (AvgIpc) is 2.93. The van der Waals surface area contributed by atoms with Crippen LogP contribution in [0.3, 0.4) is 0 Å². The van der Waals surface area contributed by atoms with Crippen LogP contribution in [0.1, 0.15) is 32.6 Å². The summed E-state index contributed by atoms with van der Waals surface area (Å²) in [4.78, 5) is 15.2. The van der Waals surface area contributed by atoms with E-state index in [1.165, 1.54) is 36.7 Å². The fourth-order valence-corrected chi connectivity index (χ4v) is 3.40. The highest BCUT2D eigenvalue weighted by Gasteiger charge is 2.24. The first kappa shape index (κ1) is 14.4. The van der Waals surface area contributed by atoms with E-state index < -0.39 is 0 Å². The summed E-state index contributed by atoms with van der Waals surface area (Å²) in [6.45, 7) is 2.83. The molecular formula is C15H20FNOS. The Hall–Kier alpha value is -1.03. The molecule has 0 unspecified atom stereocenters. The largest absolute Gasteiger partial charge is 0.339 e. The first-order valence-electron chi connectivity index (χ1n) is 6.88. The monoisotopic (exact) mass is 281 g/mol. The summed E-state index contributed by atoms with van der Waals surface area (Å²) in [5, 5.41) is 0. The van der Waals surface area contributed by atoms with Crippen molar-refractivity contribution < 1.29 is 9.18 Å². The molecule has 0 radical (unpaired) electrons. The second-order valence-corrected chi connectivity index (χ2v) is 5.91. The van der Waals surface area contributed by atoms with Crippen LogP contribution in [0, 0.1) is 5.82 Å². The van der Waals surface area contributed by atoms with Crippen LogP contribution in [0.2, 0.25) is 0 Å². The van der Waals surface area contributed by atoms with E-state index in [4.69, 9.17) is 0 Å². The highest BCUT2D eigenvalue weighted by molar-refractivity contribution is 8.00. The van der Waals surface area contributed by atoms with Crippen LogP contribution in [0.4, 0.5) is 4.39 Å². The molecule has 0 saturated heterocycles. The minimum absolute atomic E-state index is 0.198. The lowest BCUT2D eigenvalue weighted by Crippen LogP contribution is -2.39. The van der Waals surface area contributed by atoms with E-state index in [2.05, 4.69) is 0 Å². The first-order valence-corrected chi connectivity index (χ1v) is 7.87. The van der Waals surface area contributed by atoms with Gasteiger partial charge in [0.25, 0.3) is 0 Å². The SMILES string of the molecule is CCN(C(=O)CSc1ccc(F)cc1)C1CCCC1. The molecule has 104 valence electrons. The quantitative estimate of drug-likeness (QED) is 0.767. The molecule has 1 aromatic carbocycles. The van der Waals surface area contributed by atoms with Crippen molar-refractivity contribution in [2.45, 2.75) is 43.5 Å². The summed E-state index contributed by atoms with van der Waals surface area (Å²) in [5.74, 6) is 0.399. The number of thioether (sulfide) groups is 1. The Bertz CT molecular complexity index is 415. The predicted molar refractivity (Wildman–Crippen MR) is 76.8 cm³/mol. The molecule has 2 nitrogen and oxygen atoms in total. The van der Waals surface area contributed by atoms with E-state index in [1.807, 2.05) is 11.8 Å². The van der Waals surface area contributed by atoms with Crippen molar-refractivity contribution in [3.8, 4) is 0 Å². The fraction of sp³-hybridized carbons (Fsp3) is 0.533. The van der Waals surface area contributed by atoms with Crippen molar-refractivity contribution in [2.75, 3.05) is 12.3 Å². The van der Waals surface area contributed by atoms with Crippen LogP contribution in [0.15, 0.2) is 29.2 Å². The van der Waals surface area contributed by atoms with Gasteiger partial charge in [0.1, 0.15) is 5.82 Å². The Morgan fingerprint density at radius 2 is 1.95 bits per heavy atom. The minimum Gasteiger partial charge on any atom is -0.339 e. The normalized spacial score (nSPS) is 15.7. The van der Waals surface area contributed by atoms with Gasteiger partial charge in [-0.05, 0) is 44.0 Å². The van der Waals surface area contributed by atoms with Gasteiger partial charge in [-0.25, -0.2) is 4.39 Å². The summed E-state index contributed by atoms with van der Waals surface area (Å²) in [7, 11) is 0. The second-order valence-electron chi connectivity index (χ2n) is 4.86. The molecule has 19 heavy (non-hydrogen) atoms. The number of rotatable bonds is 5. The maximum Gasteiger partial charge on any atom is 0.233 e. The van der Waals surface area contributed by atoms with Gasteiger partial charge in [-0.3, -0.25) is 4.79 Å². The summed E-state index contributed by atoms with van der Waals surface area (Å²) in [5.41, 5.74) is 0. The molecule has 4 heteroatoms. The van der Waals surface area contributed by atoms with Gasteiger partial charge in [0.15, 0.2) is 0 Å². The number of halogens is 1. The standard InChI is InChI=1S/C15H20FNOS/c1-2-17(13-5-3-4-6-13)15(18)11-19-14-9-7-12(16)8-10-14/h7-10,13H,2-6,11H2,1H3. The maximum atomic E-state index is 12.8. The van der Waals surface area contributed by atoms with E-state index in [1.54, 1.807) is 12.1 Å². The van der Waals surface area contributed by atoms with Crippen LogP contribution >= 0.6 is 11.8 Å². The predicted octanol–water partition coefficient (Wildman–Crippen LogP) is 3.71. The van der Waals surface area contributed by atoms with Gasteiger partial charge < -0.3 is 4.90 Å². The molecule has 0 bridgehead atoms. The molecule has 1 saturated carbocycles. The summed E-state index contributed by atoms with van der Waals surface area (Å²) in [6, 6.07) is 6.74. The molecule has 1 aromatic rings. The Balaban J connectivity index is 1.86. The molecule has 0 heterocycles. The Morgan fingerprint density at radius 1 is 1.32 bits per heavy atom. The van der Waals surface area contributed by atoms with E-state index in [9.17, 15) is 9.18 Å². The van der Waals surface area contributed by atoms with Crippen LogP contribution in [-0.2, 0) is 4.79 Å². The highest BCUT2D eigenvalue weighted by Crippen LogP contribution is 2.25. The molecule has 0 N–H and O–H groups in total. The third kappa shape index (κ3) is 3.96. The third-order valence-electron chi connectivity index (χ3n) is 3.60. The number of carbonyl (C=O) groups is 1. The van der Waals surface area contributed by atoms with Gasteiger partial charge in [0.05, 0.1) is 5.75 Å². The Kier molecular flexibility index (Phi) is 5.25. The second kappa shape index (κ2) is 6.94. The lowest BCUT2D eigenvalue weighted by Gasteiger charge is -2.27. The molecule has 2 rings (SSSR count). The van der Waals surface area contributed by atoms with Crippen molar-refractivity contribution in [3.05, 3.63) is 30.1 Å². The van der Waals surface area contributed by atoms with E-state index in [-0.39, 0.29) is 11.7 Å². The van der Waals surface area contributed by atoms with Crippen molar-refractivity contribution in [1.29, 1.82) is 0 Å². The Morgan fingerprint density at radius 3 is 2.53 bits per heavy atom. The maximum absolute atomic E-state index is 12.8. The molecule has 0 aromatic heterocycles. The van der Waals surface area contributed by atoms with Gasteiger partial charge in [-0.2, -0.15) is 0 Å². The van der Waals surface area contributed by atoms with Crippen molar-refractivity contribution in [1.82, 2.24) is 4.90 Å². The van der Waals surface area contributed by atoms with Crippen LogP contribution < -0.4 is 0 Å². The van der Waals surface area contributed by atoms with Gasteiger partial charge in [-0.1, -0.05) is 12.8 Å². The molecule has 1 fully saturated rings. The van der Waals surface area contributed by atoms with Crippen molar-refractivity contribution in [3.63, 3.8) is 0 Å². The smallest absolute Gasteiger partial charge is 0.233 e. The number of carbonyl (C=O) groups excluding carboxylic acids is 1. The van der Waals surface area contributed by atoms with E-state index in [0.29, 0.717) is 11.8 Å². The average molecular weight is 281 g/mol. The van der Waals surface area contributed by atoms with Crippen molar-refractivity contribution in [2.24, 2.45) is 0 Å². The van der Waals surface area contributed by atoms with E-state index in [0.717, 1.165) is 24.3 Å². The third-order valence-corrected chi connectivity index (χ3v) is 4.60. The zero-order valence-corrected chi connectivity index (χ0v) is 12.1. The summed E-state index contributed by atoms with van der Waals surface area (Å²) >= 11 is 1.48. The zero-order chi connectivity index (χ0) is 13.7. The number of hydrogen-bond acceptors (Lipinski definition) is 2. The fourth-order valence-electron chi connectivity index (χ4n) is 2.61. The minimum atomic E-state index is -0.239. The molecular weight excluding hydrogens is 261 g/mol. The van der Waals surface area contributed by atoms with Gasteiger partial charge in [0.2, 0.25) is 5.91 Å². The van der Waals surface area contributed by atoms with Gasteiger partial charge >= 0.3 is 0 Å². The highest BCUT2D eigenvalue weighted by atomic mass is 32.2.